The number of nitrogens with one attached hydrogen (secondary N) is 2. The molecule has 0 spiro atoms. The first-order chi connectivity index (χ1) is 6.31. The highest BCUT2D eigenvalue weighted by molar-refractivity contribution is 5.75. The van der Waals surface area contributed by atoms with Gasteiger partial charge in [0, 0.05) is 19.9 Å². The van der Waals surface area contributed by atoms with E-state index < -0.39 is 0 Å². The van der Waals surface area contributed by atoms with Crippen LogP contribution in [0.15, 0.2) is 0 Å². The van der Waals surface area contributed by atoms with E-state index in [0.29, 0.717) is 6.42 Å². The van der Waals surface area contributed by atoms with Crippen molar-refractivity contribution in [3.05, 3.63) is 0 Å². The topological polar surface area (TPSA) is 41.1 Å². The number of unbranched alkanes of at least 4 members (excludes halogenated alkanes) is 1. The number of hydrogen-bond donors (Lipinski definition) is 2. The van der Waals surface area contributed by atoms with E-state index in [0.717, 1.165) is 32.4 Å². The molecule has 0 aromatic rings. The minimum Gasteiger partial charge on any atom is -0.359 e. The second kappa shape index (κ2) is 9.08. The zero-order valence-corrected chi connectivity index (χ0v) is 8.23. The average molecular weight is 182 g/mol. The standard InChI is InChI=1S/C10H18N2O/c1-3-4-5-8-12-9-6-7-10(13)11-2/h1,12H,4-9H2,2H3,(H,11,13). The summed E-state index contributed by atoms with van der Waals surface area (Å²) in [5.74, 6) is 2.68. The van der Waals surface area contributed by atoms with E-state index in [2.05, 4.69) is 16.6 Å². The predicted octanol–water partition coefficient (Wildman–Crippen LogP) is 0.516. The van der Waals surface area contributed by atoms with Gasteiger partial charge in [-0.25, -0.2) is 0 Å². The first-order valence-electron chi connectivity index (χ1n) is 4.66. The van der Waals surface area contributed by atoms with E-state index in [1.54, 1.807) is 7.05 Å². The molecule has 13 heavy (non-hydrogen) atoms. The summed E-state index contributed by atoms with van der Waals surface area (Å²) in [5.41, 5.74) is 0. The number of carbonyl (C=O) groups excluding carboxylic acids is 1. The lowest BCUT2D eigenvalue weighted by Crippen LogP contribution is -2.21. The summed E-state index contributed by atoms with van der Waals surface area (Å²) in [4.78, 5) is 10.8. The van der Waals surface area contributed by atoms with Crippen LogP contribution >= 0.6 is 0 Å². The Kier molecular flexibility index (Phi) is 8.38. The van der Waals surface area contributed by atoms with Gasteiger partial charge < -0.3 is 10.6 Å². The summed E-state index contributed by atoms with van der Waals surface area (Å²) in [5, 5.41) is 5.81. The van der Waals surface area contributed by atoms with Gasteiger partial charge in [0.25, 0.3) is 0 Å². The van der Waals surface area contributed by atoms with Crippen molar-refractivity contribution < 1.29 is 4.79 Å². The minimum absolute atomic E-state index is 0.102. The van der Waals surface area contributed by atoms with Crippen LogP contribution in [0, 0.1) is 12.3 Å². The van der Waals surface area contributed by atoms with E-state index in [4.69, 9.17) is 6.42 Å². The molecular weight excluding hydrogens is 164 g/mol. The molecular formula is C10H18N2O. The van der Waals surface area contributed by atoms with Gasteiger partial charge in [-0.15, -0.1) is 12.3 Å². The van der Waals surface area contributed by atoms with Crippen LogP contribution in [0.2, 0.25) is 0 Å². The maximum atomic E-state index is 10.8. The lowest BCUT2D eigenvalue weighted by Gasteiger charge is -2.02. The molecule has 3 nitrogen and oxygen atoms in total. The van der Waals surface area contributed by atoms with Crippen molar-refractivity contribution in [1.82, 2.24) is 10.6 Å². The van der Waals surface area contributed by atoms with Gasteiger partial charge >= 0.3 is 0 Å². The molecule has 1 amide bonds. The molecule has 0 aromatic heterocycles. The van der Waals surface area contributed by atoms with Gasteiger partial charge in [0.1, 0.15) is 0 Å². The average Bonchev–Trinajstić information content (AvgIpc) is 2.16. The monoisotopic (exact) mass is 182 g/mol. The Labute approximate surface area is 80.3 Å². The fourth-order valence-corrected chi connectivity index (χ4v) is 0.939. The third-order valence-electron chi connectivity index (χ3n) is 1.71. The molecule has 74 valence electrons. The summed E-state index contributed by atoms with van der Waals surface area (Å²) in [6.07, 6.45) is 8.41. The van der Waals surface area contributed by atoms with E-state index >= 15 is 0 Å². The molecule has 0 aliphatic carbocycles. The molecule has 2 N–H and O–H groups in total. The molecule has 0 aromatic carbocycles. The van der Waals surface area contributed by atoms with Crippen molar-refractivity contribution in [3.63, 3.8) is 0 Å². The molecule has 0 atom stereocenters. The molecule has 0 rings (SSSR count). The SMILES string of the molecule is C#CCCCNCCCC(=O)NC. The quantitative estimate of drug-likeness (QED) is 0.445. The normalized spacial score (nSPS) is 9.23. The third-order valence-corrected chi connectivity index (χ3v) is 1.71. The highest BCUT2D eigenvalue weighted by Gasteiger charge is 1.95. The van der Waals surface area contributed by atoms with Crippen molar-refractivity contribution in [2.45, 2.75) is 25.7 Å². The van der Waals surface area contributed by atoms with Gasteiger partial charge in [-0.05, 0) is 25.9 Å². The second-order valence-electron chi connectivity index (χ2n) is 2.83. The maximum absolute atomic E-state index is 10.8. The van der Waals surface area contributed by atoms with E-state index in [9.17, 15) is 4.79 Å². The summed E-state index contributed by atoms with van der Waals surface area (Å²) < 4.78 is 0. The van der Waals surface area contributed by atoms with E-state index in [-0.39, 0.29) is 5.91 Å². The third kappa shape index (κ3) is 8.90. The fraction of sp³-hybridized carbons (Fsp3) is 0.700. The Hall–Kier alpha value is -1.01. The van der Waals surface area contributed by atoms with Crippen LogP contribution in [0.5, 0.6) is 0 Å². The molecule has 0 saturated heterocycles. The van der Waals surface area contributed by atoms with Gasteiger partial charge in [0.15, 0.2) is 0 Å². The van der Waals surface area contributed by atoms with Crippen LogP contribution in [-0.4, -0.2) is 26.0 Å². The lowest BCUT2D eigenvalue weighted by molar-refractivity contribution is -0.120. The van der Waals surface area contributed by atoms with Crippen molar-refractivity contribution in [3.8, 4) is 12.3 Å². The number of hydrogen-bond acceptors (Lipinski definition) is 2. The zero-order chi connectivity index (χ0) is 9.94. The number of carbonyl (C=O) groups is 1. The molecule has 0 radical (unpaired) electrons. The van der Waals surface area contributed by atoms with Gasteiger partial charge in [-0.1, -0.05) is 0 Å². The Bertz CT molecular complexity index is 172. The molecule has 3 heteroatoms. The smallest absolute Gasteiger partial charge is 0.219 e. The Balaban J connectivity index is 3.00. The molecule has 0 aliphatic rings. The van der Waals surface area contributed by atoms with Crippen LogP contribution in [0.25, 0.3) is 0 Å². The first-order valence-corrected chi connectivity index (χ1v) is 4.66. The van der Waals surface area contributed by atoms with Crippen LogP contribution < -0.4 is 10.6 Å². The van der Waals surface area contributed by atoms with Crippen molar-refractivity contribution in [1.29, 1.82) is 0 Å². The van der Waals surface area contributed by atoms with Crippen LogP contribution in [0.4, 0.5) is 0 Å². The minimum atomic E-state index is 0.102. The van der Waals surface area contributed by atoms with Gasteiger partial charge in [-0.2, -0.15) is 0 Å². The summed E-state index contributed by atoms with van der Waals surface area (Å²) in [6.45, 7) is 1.83. The zero-order valence-electron chi connectivity index (χ0n) is 8.23. The van der Waals surface area contributed by atoms with E-state index in [1.807, 2.05) is 0 Å². The molecule has 0 unspecified atom stereocenters. The Morgan fingerprint density at radius 2 is 2.08 bits per heavy atom. The highest BCUT2D eigenvalue weighted by Crippen LogP contribution is 1.87. The van der Waals surface area contributed by atoms with Gasteiger partial charge in [-0.3, -0.25) is 4.79 Å². The molecule has 0 bridgehead atoms. The molecule has 0 fully saturated rings. The number of rotatable bonds is 7. The molecule has 0 aliphatic heterocycles. The van der Waals surface area contributed by atoms with Crippen molar-refractivity contribution >= 4 is 5.91 Å². The Morgan fingerprint density at radius 1 is 1.38 bits per heavy atom. The maximum Gasteiger partial charge on any atom is 0.219 e. The van der Waals surface area contributed by atoms with Gasteiger partial charge in [0.05, 0.1) is 0 Å². The largest absolute Gasteiger partial charge is 0.359 e. The fourth-order valence-electron chi connectivity index (χ4n) is 0.939. The molecule has 0 saturated carbocycles. The summed E-state index contributed by atoms with van der Waals surface area (Å²) in [7, 11) is 1.66. The first kappa shape index (κ1) is 12.0. The lowest BCUT2D eigenvalue weighted by atomic mass is 10.3. The molecule has 0 heterocycles. The van der Waals surface area contributed by atoms with Crippen molar-refractivity contribution in [2.75, 3.05) is 20.1 Å². The number of terminal acetylenes is 1. The van der Waals surface area contributed by atoms with Crippen LogP contribution in [0.1, 0.15) is 25.7 Å². The van der Waals surface area contributed by atoms with E-state index in [1.165, 1.54) is 0 Å². The highest BCUT2D eigenvalue weighted by atomic mass is 16.1. The van der Waals surface area contributed by atoms with Crippen molar-refractivity contribution in [2.24, 2.45) is 0 Å². The summed E-state index contributed by atoms with van der Waals surface area (Å²) >= 11 is 0. The van der Waals surface area contributed by atoms with Gasteiger partial charge in [0.2, 0.25) is 5.91 Å². The van der Waals surface area contributed by atoms with Crippen LogP contribution in [-0.2, 0) is 4.79 Å². The summed E-state index contributed by atoms with van der Waals surface area (Å²) in [6, 6.07) is 0. The van der Waals surface area contributed by atoms with Crippen LogP contribution in [0.3, 0.4) is 0 Å². The number of amides is 1. The second-order valence-corrected chi connectivity index (χ2v) is 2.83. The predicted molar refractivity (Wildman–Crippen MR) is 54.2 cm³/mol. The Morgan fingerprint density at radius 3 is 2.69 bits per heavy atom.